The van der Waals surface area contributed by atoms with Gasteiger partial charge < -0.3 is 9.47 Å². The first-order chi connectivity index (χ1) is 10.9. The highest BCUT2D eigenvalue weighted by molar-refractivity contribution is 5.77. The average Bonchev–Trinajstić information content (AvgIpc) is 3.19. The van der Waals surface area contributed by atoms with E-state index in [0.29, 0.717) is 6.04 Å². The van der Waals surface area contributed by atoms with Gasteiger partial charge in [0.2, 0.25) is 0 Å². The minimum absolute atomic E-state index is 0.426. The molecule has 0 aliphatic carbocycles. The molecular formula is C17H19N5. The molecule has 0 N–H and O–H groups in total. The molecule has 0 amide bonds. The zero-order chi connectivity index (χ0) is 14.9. The number of nitrogens with zero attached hydrogens (tertiary/aromatic N) is 5. The molecule has 112 valence electrons. The van der Waals surface area contributed by atoms with Gasteiger partial charge in [-0.2, -0.15) is 0 Å². The molecule has 5 heteroatoms. The maximum Gasteiger partial charge on any atom is 0.160 e. The second-order valence-electron chi connectivity index (χ2n) is 5.73. The summed E-state index contributed by atoms with van der Waals surface area (Å²) >= 11 is 0. The van der Waals surface area contributed by atoms with Gasteiger partial charge in [-0.05, 0) is 37.2 Å². The number of aromatic nitrogens is 4. The van der Waals surface area contributed by atoms with Crippen LogP contribution in [0.4, 0.5) is 0 Å². The van der Waals surface area contributed by atoms with E-state index in [2.05, 4.69) is 32.4 Å². The number of hydrogen-bond acceptors (Lipinski definition) is 4. The van der Waals surface area contributed by atoms with Crippen LogP contribution in [0.1, 0.15) is 19.4 Å². The van der Waals surface area contributed by atoms with Gasteiger partial charge in [0.05, 0.1) is 6.04 Å². The van der Waals surface area contributed by atoms with Crippen LogP contribution in [0.5, 0.6) is 0 Å². The fraction of sp³-hybridized carbons (Fsp3) is 0.353. The van der Waals surface area contributed by atoms with E-state index in [1.807, 2.05) is 30.6 Å². The lowest BCUT2D eigenvalue weighted by Gasteiger charge is -2.17. The lowest BCUT2D eigenvalue weighted by molar-refractivity contribution is 0.343. The van der Waals surface area contributed by atoms with E-state index in [-0.39, 0.29) is 0 Å². The van der Waals surface area contributed by atoms with Crippen molar-refractivity contribution in [2.45, 2.75) is 19.4 Å². The minimum Gasteiger partial charge on any atom is -0.304 e. The van der Waals surface area contributed by atoms with E-state index >= 15 is 0 Å². The Morgan fingerprint density at radius 3 is 2.91 bits per heavy atom. The molecule has 4 heterocycles. The molecule has 3 aromatic heterocycles. The molecule has 0 bridgehead atoms. The summed E-state index contributed by atoms with van der Waals surface area (Å²) in [5.41, 5.74) is 2.98. The van der Waals surface area contributed by atoms with Gasteiger partial charge in [-0.15, -0.1) is 0 Å². The van der Waals surface area contributed by atoms with E-state index in [9.17, 15) is 0 Å². The highest BCUT2D eigenvalue weighted by atomic mass is 15.2. The van der Waals surface area contributed by atoms with Gasteiger partial charge in [0, 0.05) is 37.2 Å². The zero-order valence-electron chi connectivity index (χ0n) is 12.7. The van der Waals surface area contributed by atoms with Gasteiger partial charge in [0.15, 0.2) is 5.65 Å². The largest absolute Gasteiger partial charge is 0.304 e. The molecule has 1 unspecified atom stereocenters. The fourth-order valence-electron chi connectivity index (χ4n) is 3.28. The first kappa shape index (κ1) is 13.4. The van der Waals surface area contributed by atoms with Crippen molar-refractivity contribution < 1.29 is 0 Å². The van der Waals surface area contributed by atoms with Gasteiger partial charge >= 0.3 is 0 Å². The Morgan fingerprint density at radius 1 is 1.23 bits per heavy atom. The summed E-state index contributed by atoms with van der Waals surface area (Å²) < 4.78 is 2.31. The van der Waals surface area contributed by atoms with Crippen molar-refractivity contribution in [3.05, 3.63) is 42.9 Å². The molecule has 0 spiro atoms. The van der Waals surface area contributed by atoms with E-state index < -0.39 is 0 Å². The highest BCUT2D eigenvalue weighted by Crippen LogP contribution is 2.31. The highest BCUT2D eigenvalue weighted by Gasteiger charge is 2.27. The maximum absolute atomic E-state index is 4.82. The van der Waals surface area contributed by atoms with E-state index in [0.717, 1.165) is 48.6 Å². The predicted octanol–water partition coefficient (Wildman–Crippen LogP) is 2.76. The van der Waals surface area contributed by atoms with Crippen LogP contribution in [0, 0.1) is 0 Å². The van der Waals surface area contributed by atoms with E-state index in [1.165, 1.54) is 0 Å². The molecule has 4 rings (SSSR count). The number of likely N-dealkylation sites (tertiary alicyclic amines) is 1. The predicted molar refractivity (Wildman–Crippen MR) is 86.5 cm³/mol. The summed E-state index contributed by atoms with van der Waals surface area (Å²) in [5, 5.41) is 0. The van der Waals surface area contributed by atoms with E-state index in [1.54, 1.807) is 6.20 Å². The smallest absolute Gasteiger partial charge is 0.160 e. The minimum atomic E-state index is 0.426. The van der Waals surface area contributed by atoms with Crippen LogP contribution >= 0.6 is 0 Å². The molecule has 1 atom stereocenters. The first-order valence-electron chi connectivity index (χ1n) is 7.82. The third-order valence-corrected chi connectivity index (χ3v) is 4.43. The Morgan fingerprint density at radius 2 is 2.14 bits per heavy atom. The molecule has 1 aliphatic rings. The molecule has 3 aromatic rings. The Bertz CT molecular complexity index is 780. The molecule has 0 radical (unpaired) electrons. The average molecular weight is 293 g/mol. The van der Waals surface area contributed by atoms with Crippen molar-refractivity contribution in [3.8, 4) is 11.4 Å². The van der Waals surface area contributed by atoms with Crippen LogP contribution in [0.3, 0.4) is 0 Å². The van der Waals surface area contributed by atoms with Crippen molar-refractivity contribution in [2.24, 2.45) is 0 Å². The molecule has 0 saturated carbocycles. The first-order valence-corrected chi connectivity index (χ1v) is 7.82. The van der Waals surface area contributed by atoms with Crippen molar-refractivity contribution in [1.82, 2.24) is 24.4 Å². The zero-order valence-corrected chi connectivity index (χ0v) is 12.7. The van der Waals surface area contributed by atoms with Crippen LogP contribution in [0.15, 0.2) is 42.9 Å². The molecule has 0 aromatic carbocycles. The Labute approximate surface area is 129 Å². The molecular weight excluding hydrogens is 274 g/mol. The Kier molecular flexibility index (Phi) is 3.35. The van der Waals surface area contributed by atoms with E-state index in [4.69, 9.17) is 4.98 Å². The van der Waals surface area contributed by atoms with Gasteiger partial charge in [-0.1, -0.05) is 6.92 Å². The van der Waals surface area contributed by atoms with Gasteiger partial charge in [0.1, 0.15) is 11.3 Å². The van der Waals surface area contributed by atoms with Crippen LogP contribution < -0.4 is 0 Å². The summed E-state index contributed by atoms with van der Waals surface area (Å²) in [6.07, 6.45) is 6.66. The number of pyridine rings is 2. The topological polar surface area (TPSA) is 46.8 Å². The Hall–Kier alpha value is -2.27. The third kappa shape index (κ3) is 2.18. The quantitative estimate of drug-likeness (QED) is 0.745. The monoisotopic (exact) mass is 293 g/mol. The maximum atomic E-state index is 4.82. The molecule has 1 fully saturated rings. The summed E-state index contributed by atoms with van der Waals surface area (Å²) in [7, 11) is 0. The standard InChI is InChI=1S/C17H19N5/c1-2-21-10-7-14(12-21)22-16(13-5-3-8-18-11-13)20-15-6-4-9-19-17(15)22/h3-6,8-9,11,14H,2,7,10,12H2,1H3. The summed E-state index contributed by atoms with van der Waals surface area (Å²) in [4.78, 5) is 16.1. The van der Waals surface area contributed by atoms with Gasteiger partial charge in [0.25, 0.3) is 0 Å². The molecule has 22 heavy (non-hydrogen) atoms. The second-order valence-corrected chi connectivity index (χ2v) is 5.73. The van der Waals surface area contributed by atoms with Crippen LogP contribution in [0.2, 0.25) is 0 Å². The molecule has 1 saturated heterocycles. The van der Waals surface area contributed by atoms with Crippen molar-refractivity contribution >= 4 is 11.2 Å². The van der Waals surface area contributed by atoms with Crippen molar-refractivity contribution in [3.63, 3.8) is 0 Å². The number of rotatable bonds is 3. The summed E-state index contributed by atoms with van der Waals surface area (Å²) in [6.45, 7) is 5.51. The lowest BCUT2D eigenvalue weighted by atomic mass is 10.2. The number of likely N-dealkylation sites (N-methyl/N-ethyl adjacent to an activating group) is 1. The molecule has 1 aliphatic heterocycles. The third-order valence-electron chi connectivity index (χ3n) is 4.43. The van der Waals surface area contributed by atoms with Crippen molar-refractivity contribution in [2.75, 3.05) is 19.6 Å². The Balaban J connectivity index is 1.88. The summed E-state index contributed by atoms with van der Waals surface area (Å²) in [6, 6.07) is 8.43. The lowest BCUT2D eigenvalue weighted by Crippen LogP contribution is -2.21. The molecule has 5 nitrogen and oxygen atoms in total. The second kappa shape index (κ2) is 5.50. The van der Waals surface area contributed by atoms with Crippen LogP contribution in [-0.4, -0.2) is 44.1 Å². The number of fused-ring (bicyclic) bond motifs is 1. The normalized spacial score (nSPS) is 19.0. The SMILES string of the molecule is CCN1CCC(n2c(-c3cccnc3)nc3cccnc32)C1. The summed E-state index contributed by atoms with van der Waals surface area (Å²) in [5.74, 6) is 0.977. The van der Waals surface area contributed by atoms with Crippen LogP contribution in [-0.2, 0) is 0 Å². The van der Waals surface area contributed by atoms with Gasteiger partial charge in [-0.3, -0.25) is 4.98 Å². The number of hydrogen-bond donors (Lipinski definition) is 0. The number of imidazole rings is 1. The van der Waals surface area contributed by atoms with Crippen molar-refractivity contribution in [1.29, 1.82) is 0 Å². The fourth-order valence-corrected chi connectivity index (χ4v) is 3.28. The van der Waals surface area contributed by atoms with Crippen LogP contribution in [0.25, 0.3) is 22.6 Å². The van der Waals surface area contributed by atoms with Gasteiger partial charge in [-0.25, -0.2) is 9.97 Å².